The summed E-state index contributed by atoms with van der Waals surface area (Å²) in [4.78, 5) is 25.1. The number of ether oxygens (including phenoxy) is 2. The lowest BCUT2D eigenvalue weighted by Crippen LogP contribution is -2.50. The van der Waals surface area contributed by atoms with E-state index >= 15 is 0 Å². The zero-order valence-corrected chi connectivity index (χ0v) is 14.3. The molecule has 23 heavy (non-hydrogen) atoms. The van der Waals surface area contributed by atoms with E-state index in [-0.39, 0.29) is 23.0 Å². The first-order chi connectivity index (χ1) is 11.0. The molecule has 1 aromatic rings. The lowest BCUT2D eigenvalue weighted by Gasteiger charge is -2.41. The molecule has 1 aliphatic carbocycles. The van der Waals surface area contributed by atoms with Gasteiger partial charge in [0.1, 0.15) is 0 Å². The van der Waals surface area contributed by atoms with Crippen molar-refractivity contribution >= 4 is 0 Å². The smallest absolute Gasteiger partial charge is 0.333 e. The van der Waals surface area contributed by atoms with Crippen molar-refractivity contribution in [2.75, 3.05) is 6.61 Å². The van der Waals surface area contributed by atoms with Crippen molar-refractivity contribution in [3.8, 4) is 5.88 Å². The van der Waals surface area contributed by atoms with Gasteiger partial charge >= 0.3 is 5.69 Å². The average Bonchev–Trinajstić information content (AvgIpc) is 2.76. The Hall–Kier alpha value is -1.56. The molecule has 6 nitrogen and oxygen atoms in total. The Morgan fingerprint density at radius 3 is 2.39 bits per heavy atom. The van der Waals surface area contributed by atoms with E-state index in [1.165, 1.54) is 22.0 Å². The summed E-state index contributed by atoms with van der Waals surface area (Å²) in [6.07, 6.45) is 6.83. The molecule has 1 atom stereocenters. The highest BCUT2D eigenvalue weighted by Gasteiger charge is 2.45. The van der Waals surface area contributed by atoms with Gasteiger partial charge in [0, 0.05) is 32.5 Å². The van der Waals surface area contributed by atoms with Gasteiger partial charge < -0.3 is 9.47 Å². The van der Waals surface area contributed by atoms with Crippen LogP contribution in [0.15, 0.2) is 9.59 Å². The predicted molar refractivity (Wildman–Crippen MR) is 87.0 cm³/mol. The molecule has 3 rings (SSSR count). The normalized spacial score (nSPS) is 23.2. The second kappa shape index (κ2) is 6.15. The zero-order chi connectivity index (χ0) is 16.6. The van der Waals surface area contributed by atoms with Gasteiger partial charge in [-0.05, 0) is 19.8 Å². The molecule has 6 heteroatoms. The van der Waals surface area contributed by atoms with Gasteiger partial charge in [-0.15, -0.1) is 0 Å². The summed E-state index contributed by atoms with van der Waals surface area (Å²) in [7, 11) is 3.21. The van der Waals surface area contributed by atoms with Crippen LogP contribution in [0.1, 0.15) is 57.4 Å². The summed E-state index contributed by atoms with van der Waals surface area (Å²) in [5, 5.41) is 0. The van der Waals surface area contributed by atoms with Crippen LogP contribution in [0.2, 0.25) is 0 Å². The Balaban J connectivity index is 2.22. The third kappa shape index (κ3) is 2.63. The summed E-state index contributed by atoms with van der Waals surface area (Å²) >= 11 is 0. The van der Waals surface area contributed by atoms with Gasteiger partial charge in [-0.1, -0.05) is 25.7 Å². The van der Waals surface area contributed by atoms with Gasteiger partial charge in [0.25, 0.3) is 5.56 Å². The maximum Gasteiger partial charge on any atom is 0.333 e. The fraction of sp³-hybridized carbons (Fsp3) is 0.765. The minimum Gasteiger partial charge on any atom is -0.449 e. The molecule has 0 N–H and O–H groups in total. The average molecular weight is 322 g/mol. The second-order valence-corrected chi connectivity index (χ2v) is 6.79. The third-order valence-corrected chi connectivity index (χ3v) is 5.35. The van der Waals surface area contributed by atoms with Gasteiger partial charge in [-0.25, -0.2) is 4.79 Å². The Morgan fingerprint density at radius 1 is 1.13 bits per heavy atom. The first-order valence-corrected chi connectivity index (χ1v) is 8.59. The Labute approximate surface area is 136 Å². The quantitative estimate of drug-likeness (QED) is 0.833. The molecule has 1 aromatic heterocycles. The van der Waals surface area contributed by atoms with Gasteiger partial charge in [0.05, 0.1) is 5.56 Å². The van der Waals surface area contributed by atoms with Gasteiger partial charge in [-0.3, -0.25) is 13.9 Å². The van der Waals surface area contributed by atoms with E-state index in [2.05, 4.69) is 0 Å². The van der Waals surface area contributed by atoms with E-state index in [1.807, 2.05) is 6.92 Å². The highest BCUT2D eigenvalue weighted by Crippen LogP contribution is 2.47. The highest BCUT2D eigenvalue weighted by atomic mass is 16.7. The standard InChI is InChI=1S/C17H26N2O4/c1-4-22-12-11-17(9-7-5-6-8-10-17)13-14(20)18(2)16(21)19(3)15(13)23-12/h12H,4-11H2,1-3H3. The molecular weight excluding hydrogens is 296 g/mol. The van der Waals surface area contributed by atoms with Crippen LogP contribution >= 0.6 is 0 Å². The van der Waals surface area contributed by atoms with Crippen molar-refractivity contribution in [1.82, 2.24) is 9.13 Å². The van der Waals surface area contributed by atoms with Crippen LogP contribution in [0.4, 0.5) is 0 Å². The fourth-order valence-corrected chi connectivity index (χ4v) is 4.14. The Bertz CT molecular complexity index is 696. The Morgan fingerprint density at radius 2 is 1.78 bits per heavy atom. The molecule has 2 aliphatic rings. The molecule has 1 unspecified atom stereocenters. The molecule has 0 bridgehead atoms. The van der Waals surface area contributed by atoms with Crippen LogP contribution in [-0.2, 0) is 24.2 Å². The van der Waals surface area contributed by atoms with Gasteiger partial charge in [0.2, 0.25) is 12.2 Å². The largest absolute Gasteiger partial charge is 0.449 e. The molecular formula is C17H26N2O4. The number of nitrogens with zero attached hydrogens (tertiary/aromatic N) is 2. The predicted octanol–water partition coefficient (Wildman–Crippen LogP) is 1.82. The van der Waals surface area contributed by atoms with Crippen LogP contribution in [0.25, 0.3) is 0 Å². The highest BCUT2D eigenvalue weighted by molar-refractivity contribution is 5.36. The molecule has 1 aliphatic heterocycles. The summed E-state index contributed by atoms with van der Waals surface area (Å²) in [5.41, 5.74) is -0.112. The molecule has 1 fully saturated rings. The molecule has 1 saturated carbocycles. The molecule has 0 radical (unpaired) electrons. The molecule has 0 aromatic carbocycles. The zero-order valence-electron chi connectivity index (χ0n) is 14.3. The van der Waals surface area contributed by atoms with Crippen LogP contribution < -0.4 is 16.0 Å². The fourth-order valence-electron chi connectivity index (χ4n) is 4.14. The van der Waals surface area contributed by atoms with Crippen molar-refractivity contribution in [3.05, 3.63) is 26.4 Å². The maximum atomic E-state index is 12.9. The van der Waals surface area contributed by atoms with Gasteiger partial charge in [-0.2, -0.15) is 0 Å². The monoisotopic (exact) mass is 322 g/mol. The van der Waals surface area contributed by atoms with Crippen LogP contribution in [0.5, 0.6) is 5.88 Å². The van der Waals surface area contributed by atoms with E-state index in [4.69, 9.17) is 9.47 Å². The summed E-state index contributed by atoms with van der Waals surface area (Å²) in [6.45, 7) is 2.48. The van der Waals surface area contributed by atoms with E-state index in [0.717, 1.165) is 25.7 Å². The van der Waals surface area contributed by atoms with Crippen LogP contribution in [0.3, 0.4) is 0 Å². The van der Waals surface area contributed by atoms with E-state index in [0.29, 0.717) is 24.5 Å². The first kappa shape index (κ1) is 16.3. The first-order valence-electron chi connectivity index (χ1n) is 8.59. The van der Waals surface area contributed by atoms with Gasteiger partial charge in [0.15, 0.2) is 0 Å². The number of hydrogen-bond donors (Lipinski definition) is 0. The van der Waals surface area contributed by atoms with Crippen LogP contribution in [-0.4, -0.2) is 22.0 Å². The lowest BCUT2D eigenvalue weighted by molar-refractivity contribution is -0.110. The SMILES string of the molecule is CCOC1CC2(CCCCCC2)c2c(n(C)c(=O)n(C)c2=O)O1. The van der Waals surface area contributed by atoms with Crippen molar-refractivity contribution < 1.29 is 9.47 Å². The van der Waals surface area contributed by atoms with Crippen molar-refractivity contribution in [2.24, 2.45) is 14.1 Å². The second-order valence-electron chi connectivity index (χ2n) is 6.79. The Kier molecular flexibility index (Phi) is 4.36. The van der Waals surface area contributed by atoms with E-state index < -0.39 is 0 Å². The molecule has 0 amide bonds. The van der Waals surface area contributed by atoms with E-state index in [9.17, 15) is 9.59 Å². The van der Waals surface area contributed by atoms with Crippen LogP contribution in [0, 0.1) is 0 Å². The minimum absolute atomic E-state index is 0.208. The maximum absolute atomic E-state index is 12.9. The molecule has 128 valence electrons. The molecule has 1 spiro atoms. The van der Waals surface area contributed by atoms with Crippen molar-refractivity contribution in [1.29, 1.82) is 0 Å². The minimum atomic E-state index is -0.386. The summed E-state index contributed by atoms with van der Waals surface area (Å²) in [5.74, 6) is 0.407. The molecule has 0 saturated heterocycles. The number of fused-ring (bicyclic) bond motifs is 2. The summed E-state index contributed by atoms with van der Waals surface area (Å²) in [6, 6.07) is 0. The van der Waals surface area contributed by atoms with Crippen molar-refractivity contribution in [3.63, 3.8) is 0 Å². The molecule has 2 heterocycles. The number of rotatable bonds is 2. The topological polar surface area (TPSA) is 62.5 Å². The van der Waals surface area contributed by atoms with E-state index in [1.54, 1.807) is 14.1 Å². The summed E-state index contributed by atoms with van der Waals surface area (Å²) < 4.78 is 14.3. The number of aromatic nitrogens is 2. The number of hydrogen-bond acceptors (Lipinski definition) is 4. The van der Waals surface area contributed by atoms with Crippen molar-refractivity contribution in [2.45, 2.75) is 63.6 Å². The lowest BCUT2D eigenvalue weighted by atomic mass is 9.71. The third-order valence-electron chi connectivity index (χ3n) is 5.35.